The molecule has 0 saturated carbocycles. The molecule has 7 nitrogen and oxygen atoms in total. The number of benzene rings is 1. The topological polar surface area (TPSA) is 84.0 Å². The summed E-state index contributed by atoms with van der Waals surface area (Å²) in [6.07, 6.45) is 3.53. The van der Waals surface area contributed by atoms with E-state index >= 15 is 0 Å². The predicted octanol–water partition coefficient (Wildman–Crippen LogP) is 2.07. The van der Waals surface area contributed by atoms with Gasteiger partial charge in [-0.05, 0) is 31.0 Å². The van der Waals surface area contributed by atoms with Crippen LogP contribution in [0.15, 0.2) is 23.2 Å². The summed E-state index contributed by atoms with van der Waals surface area (Å²) in [5.74, 6) is 1.76. The van der Waals surface area contributed by atoms with Crippen LogP contribution in [0.5, 0.6) is 11.5 Å². The molecule has 0 aromatic heterocycles. The number of ether oxygens (including phenoxy) is 2. The lowest BCUT2D eigenvalue weighted by Gasteiger charge is -2.14. The van der Waals surface area contributed by atoms with Crippen LogP contribution in [0.1, 0.15) is 38.7 Å². The molecular weight excluding hydrogens is 332 g/mol. The number of unbranched alkanes of at least 4 members (excludes halogenated alkanes) is 2. The van der Waals surface area contributed by atoms with E-state index in [1.165, 1.54) is 12.8 Å². The highest BCUT2D eigenvalue weighted by Crippen LogP contribution is 2.28. The maximum Gasteiger partial charge on any atom is 0.257 e. The van der Waals surface area contributed by atoms with Crippen molar-refractivity contribution < 1.29 is 14.3 Å². The molecule has 0 atom stereocenters. The van der Waals surface area contributed by atoms with Crippen LogP contribution in [0.3, 0.4) is 0 Å². The zero-order chi connectivity index (χ0) is 19.2. The Labute approximate surface area is 156 Å². The highest BCUT2D eigenvalue weighted by atomic mass is 16.5. The maximum atomic E-state index is 11.5. The summed E-state index contributed by atoms with van der Waals surface area (Å²) < 4.78 is 10.9. The number of likely N-dealkylation sites (N-methyl/N-ethyl adjacent to an activating group) is 1. The van der Waals surface area contributed by atoms with Gasteiger partial charge in [0.05, 0.1) is 7.11 Å². The molecule has 0 radical (unpaired) electrons. The summed E-state index contributed by atoms with van der Waals surface area (Å²) in [4.78, 5) is 15.7. The third-order valence-electron chi connectivity index (χ3n) is 3.72. The number of hydrogen-bond acceptors (Lipinski definition) is 4. The zero-order valence-electron chi connectivity index (χ0n) is 16.4. The average Bonchev–Trinajstić information content (AvgIpc) is 2.66. The van der Waals surface area contributed by atoms with Crippen LogP contribution in [-0.2, 0) is 11.3 Å². The Kier molecular flexibility index (Phi) is 10.7. The molecule has 0 spiro atoms. The minimum absolute atomic E-state index is 0.0316. The Balaban J connectivity index is 2.55. The molecule has 7 heteroatoms. The van der Waals surface area contributed by atoms with E-state index in [4.69, 9.17) is 9.47 Å². The van der Waals surface area contributed by atoms with Crippen LogP contribution in [0, 0.1) is 0 Å². The van der Waals surface area contributed by atoms with Crippen molar-refractivity contribution >= 4 is 11.9 Å². The van der Waals surface area contributed by atoms with Gasteiger partial charge in [0.15, 0.2) is 24.1 Å². The molecule has 26 heavy (non-hydrogen) atoms. The molecule has 3 N–H and O–H groups in total. The van der Waals surface area contributed by atoms with Gasteiger partial charge in [0.1, 0.15) is 0 Å². The molecule has 0 bridgehead atoms. The number of hydrogen-bond donors (Lipinski definition) is 3. The first-order valence-electron chi connectivity index (χ1n) is 9.15. The first kappa shape index (κ1) is 21.6. The largest absolute Gasteiger partial charge is 0.493 e. The molecular formula is C19H32N4O3. The first-order valence-corrected chi connectivity index (χ1v) is 9.15. The molecule has 1 aromatic rings. The van der Waals surface area contributed by atoms with Gasteiger partial charge in [-0.25, -0.2) is 0 Å². The van der Waals surface area contributed by atoms with E-state index in [-0.39, 0.29) is 12.5 Å². The fourth-order valence-electron chi connectivity index (χ4n) is 2.32. The van der Waals surface area contributed by atoms with Crippen molar-refractivity contribution in [3.63, 3.8) is 0 Å². The SMILES string of the molecule is CCCCCNC(=NC)NCc1ccc(OCC(=O)NCC)c(OC)c1. The lowest BCUT2D eigenvalue weighted by atomic mass is 10.2. The number of nitrogens with one attached hydrogen (secondary N) is 3. The normalized spacial score (nSPS) is 11.0. The van der Waals surface area contributed by atoms with Gasteiger partial charge in [0.2, 0.25) is 0 Å². The summed E-state index contributed by atoms with van der Waals surface area (Å²) in [6.45, 7) is 6.12. The molecule has 1 rings (SSSR count). The summed E-state index contributed by atoms with van der Waals surface area (Å²) in [5.41, 5.74) is 1.03. The van der Waals surface area contributed by atoms with Crippen molar-refractivity contribution in [2.24, 2.45) is 4.99 Å². The molecule has 0 aliphatic heterocycles. The second-order valence-electron chi connectivity index (χ2n) is 5.79. The summed E-state index contributed by atoms with van der Waals surface area (Å²) in [6, 6.07) is 5.64. The predicted molar refractivity (Wildman–Crippen MR) is 105 cm³/mol. The van der Waals surface area contributed by atoms with Crippen LogP contribution >= 0.6 is 0 Å². The van der Waals surface area contributed by atoms with Crippen LogP contribution in [0.25, 0.3) is 0 Å². The number of guanidine groups is 1. The van der Waals surface area contributed by atoms with Crippen LogP contribution in [-0.4, -0.2) is 45.7 Å². The first-order chi connectivity index (χ1) is 12.6. The molecule has 146 valence electrons. The fourth-order valence-corrected chi connectivity index (χ4v) is 2.32. The van der Waals surface area contributed by atoms with Gasteiger partial charge in [-0.1, -0.05) is 25.8 Å². The molecule has 0 aliphatic rings. The molecule has 0 aliphatic carbocycles. The van der Waals surface area contributed by atoms with E-state index in [1.807, 2.05) is 25.1 Å². The Morgan fingerprint density at radius 1 is 1.12 bits per heavy atom. The number of carbonyl (C=O) groups is 1. The Bertz CT molecular complexity index is 576. The number of nitrogens with zero attached hydrogens (tertiary/aromatic N) is 1. The third kappa shape index (κ3) is 8.09. The van der Waals surface area contributed by atoms with E-state index in [0.29, 0.717) is 24.6 Å². The van der Waals surface area contributed by atoms with Gasteiger partial charge in [-0.15, -0.1) is 0 Å². The van der Waals surface area contributed by atoms with Crippen molar-refractivity contribution in [2.45, 2.75) is 39.7 Å². The second kappa shape index (κ2) is 12.9. The summed E-state index contributed by atoms with van der Waals surface area (Å²) in [7, 11) is 3.34. The number of rotatable bonds is 11. The van der Waals surface area contributed by atoms with Crippen molar-refractivity contribution in [1.29, 1.82) is 0 Å². The highest BCUT2D eigenvalue weighted by Gasteiger charge is 2.08. The summed E-state index contributed by atoms with van der Waals surface area (Å²) >= 11 is 0. The third-order valence-corrected chi connectivity index (χ3v) is 3.72. The zero-order valence-corrected chi connectivity index (χ0v) is 16.4. The average molecular weight is 364 g/mol. The van der Waals surface area contributed by atoms with Crippen molar-refractivity contribution in [1.82, 2.24) is 16.0 Å². The lowest BCUT2D eigenvalue weighted by Crippen LogP contribution is -2.37. The molecule has 0 heterocycles. The molecule has 1 amide bonds. The van der Waals surface area contributed by atoms with Crippen molar-refractivity contribution in [2.75, 3.05) is 33.9 Å². The maximum absolute atomic E-state index is 11.5. The number of amides is 1. The quantitative estimate of drug-likeness (QED) is 0.318. The van der Waals surface area contributed by atoms with E-state index in [2.05, 4.69) is 27.9 Å². The Morgan fingerprint density at radius 2 is 1.92 bits per heavy atom. The van der Waals surface area contributed by atoms with Gasteiger partial charge in [-0.2, -0.15) is 0 Å². The van der Waals surface area contributed by atoms with E-state index in [9.17, 15) is 4.79 Å². The van der Waals surface area contributed by atoms with E-state index < -0.39 is 0 Å². The van der Waals surface area contributed by atoms with Gasteiger partial charge in [0, 0.05) is 26.7 Å². The van der Waals surface area contributed by atoms with E-state index in [1.54, 1.807) is 14.2 Å². The molecule has 0 fully saturated rings. The number of aliphatic imine (C=N–C) groups is 1. The smallest absolute Gasteiger partial charge is 0.257 e. The molecule has 0 unspecified atom stereocenters. The minimum atomic E-state index is -0.154. The van der Waals surface area contributed by atoms with Crippen molar-refractivity contribution in [3.05, 3.63) is 23.8 Å². The Hall–Kier alpha value is -2.44. The van der Waals surface area contributed by atoms with Gasteiger partial charge < -0.3 is 25.4 Å². The molecule has 0 saturated heterocycles. The van der Waals surface area contributed by atoms with Gasteiger partial charge >= 0.3 is 0 Å². The summed E-state index contributed by atoms with van der Waals surface area (Å²) in [5, 5.41) is 9.27. The van der Waals surface area contributed by atoms with Crippen molar-refractivity contribution in [3.8, 4) is 11.5 Å². The second-order valence-corrected chi connectivity index (χ2v) is 5.79. The monoisotopic (exact) mass is 364 g/mol. The fraction of sp³-hybridized carbons (Fsp3) is 0.579. The Morgan fingerprint density at radius 3 is 2.58 bits per heavy atom. The van der Waals surface area contributed by atoms with Crippen LogP contribution in [0.4, 0.5) is 0 Å². The number of methoxy groups -OCH3 is 1. The standard InChI is InChI=1S/C19H32N4O3/c1-5-7-8-11-22-19(20-3)23-13-15-9-10-16(17(12-15)25-4)26-14-18(24)21-6-2/h9-10,12H,5-8,11,13-14H2,1-4H3,(H,21,24)(H2,20,22,23). The molecule has 1 aromatic carbocycles. The highest BCUT2D eigenvalue weighted by molar-refractivity contribution is 5.79. The van der Waals surface area contributed by atoms with Gasteiger partial charge in [0.25, 0.3) is 5.91 Å². The van der Waals surface area contributed by atoms with Crippen LogP contribution < -0.4 is 25.4 Å². The number of carbonyl (C=O) groups excluding carboxylic acids is 1. The minimum Gasteiger partial charge on any atom is -0.493 e. The van der Waals surface area contributed by atoms with Gasteiger partial charge in [-0.3, -0.25) is 9.79 Å². The van der Waals surface area contributed by atoms with Crippen LogP contribution in [0.2, 0.25) is 0 Å². The van der Waals surface area contributed by atoms with E-state index in [0.717, 1.165) is 24.5 Å². The lowest BCUT2D eigenvalue weighted by molar-refractivity contribution is -0.123.